The molecule has 0 amide bonds. The number of nitrogens with one attached hydrogen (secondary N) is 1. The van der Waals surface area contributed by atoms with Crippen molar-refractivity contribution in [3.05, 3.63) is 74.5 Å². The van der Waals surface area contributed by atoms with Crippen molar-refractivity contribution in [3.63, 3.8) is 0 Å². The first-order valence-electron chi connectivity index (χ1n) is 11.9. The minimum absolute atomic E-state index is 0.0344. The molecule has 2 aromatic carbocycles. The molecule has 1 aliphatic heterocycles. The molecule has 1 heterocycles. The van der Waals surface area contributed by atoms with Gasteiger partial charge in [-0.1, -0.05) is 29.3 Å². The zero-order valence-electron chi connectivity index (χ0n) is 19.4. The van der Waals surface area contributed by atoms with Crippen molar-refractivity contribution >= 4 is 40.6 Å². The Balaban J connectivity index is 1.28. The molecule has 184 valence electrons. The van der Waals surface area contributed by atoms with Crippen LogP contribution >= 0.6 is 23.2 Å². The largest absolute Gasteiger partial charge is 0.512 e. The third-order valence-electron chi connectivity index (χ3n) is 7.48. The second kappa shape index (κ2) is 9.49. The van der Waals surface area contributed by atoms with Crippen molar-refractivity contribution < 1.29 is 19.7 Å². The number of anilines is 1. The Kier molecular flexibility index (Phi) is 6.55. The average Bonchev–Trinajstić information content (AvgIpc) is 3.48. The van der Waals surface area contributed by atoms with Gasteiger partial charge in [-0.25, -0.2) is 4.79 Å². The van der Waals surface area contributed by atoms with Gasteiger partial charge in [0.25, 0.3) is 0 Å². The smallest absolute Gasteiger partial charge is 0.335 e. The molecular formula is C27H28Cl2N2O4. The highest BCUT2D eigenvalue weighted by Gasteiger charge is 2.45. The third kappa shape index (κ3) is 4.67. The van der Waals surface area contributed by atoms with Crippen LogP contribution in [0.25, 0.3) is 0 Å². The number of nitrogens with zero attached hydrogens (tertiary/aromatic N) is 1. The molecule has 0 spiro atoms. The summed E-state index contributed by atoms with van der Waals surface area (Å²) in [6.07, 6.45) is 3.70. The summed E-state index contributed by atoms with van der Waals surface area (Å²) in [5.41, 5.74) is 3.12. The molecule has 0 aromatic heterocycles. The summed E-state index contributed by atoms with van der Waals surface area (Å²) >= 11 is 12.7. The number of aliphatic hydroxyl groups is 1. The fourth-order valence-electron chi connectivity index (χ4n) is 5.45. The van der Waals surface area contributed by atoms with E-state index in [1.807, 2.05) is 19.1 Å². The molecule has 35 heavy (non-hydrogen) atoms. The van der Waals surface area contributed by atoms with Crippen LogP contribution in [0.5, 0.6) is 0 Å². The van der Waals surface area contributed by atoms with Gasteiger partial charge in [0.2, 0.25) is 0 Å². The van der Waals surface area contributed by atoms with Crippen molar-refractivity contribution in [3.8, 4) is 0 Å². The molecule has 0 radical (unpaired) electrons. The van der Waals surface area contributed by atoms with Crippen LogP contribution in [-0.2, 0) is 4.74 Å². The van der Waals surface area contributed by atoms with E-state index in [4.69, 9.17) is 33.3 Å². The van der Waals surface area contributed by atoms with Crippen LogP contribution in [-0.4, -0.2) is 47.2 Å². The van der Waals surface area contributed by atoms with Crippen LogP contribution in [0.4, 0.5) is 5.69 Å². The second-order valence-corrected chi connectivity index (χ2v) is 10.6. The van der Waals surface area contributed by atoms with Crippen LogP contribution in [0.1, 0.15) is 47.2 Å². The molecule has 3 atom stereocenters. The van der Waals surface area contributed by atoms with Crippen LogP contribution < -0.4 is 4.90 Å². The van der Waals surface area contributed by atoms with E-state index >= 15 is 0 Å². The number of rotatable bonds is 8. The molecule has 2 aliphatic carbocycles. The number of piperidine rings is 1. The molecule has 3 fully saturated rings. The Bertz CT molecular complexity index is 1200. The number of carboxylic acid groups (broad SMARTS) is 1. The summed E-state index contributed by atoms with van der Waals surface area (Å²) < 4.78 is 6.33. The minimum atomic E-state index is -0.910. The second-order valence-electron chi connectivity index (χ2n) is 9.80. The Hall–Kier alpha value is -2.54. The summed E-state index contributed by atoms with van der Waals surface area (Å²) in [4.78, 5) is 13.7. The van der Waals surface area contributed by atoms with E-state index in [1.54, 1.807) is 24.3 Å². The monoisotopic (exact) mass is 514 g/mol. The topological polar surface area (TPSA) is 93.9 Å². The summed E-state index contributed by atoms with van der Waals surface area (Å²) in [5, 5.41) is 29.7. The van der Waals surface area contributed by atoms with Crippen LogP contribution in [0, 0.1) is 24.2 Å². The van der Waals surface area contributed by atoms with Gasteiger partial charge in [-0.3, -0.25) is 5.41 Å². The molecule has 5 rings (SSSR count). The lowest BCUT2D eigenvalue weighted by Crippen LogP contribution is -2.39. The van der Waals surface area contributed by atoms with Gasteiger partial charge in [-0.2, -0.15) is 0 Å². The number of benzene rings is 2. The van der Waals surface area contributed by atoms with Crippen molar-refractivity contribution in [2.24, 2.45) is 11.8 Å². The number of hydrogen-bond donors (Lipinski definition) is 3. The molecule has 3 N–H and O–H groups in total. The molecule has 0 unspecified atom stereocenters. The van der Waals surface area contributed by atoms with Gasteiger partial charge in [-0.15, -0.1) is 0 Å². The first kappa shape index (κ1) is 24.2. The van der Waals surface area contributed by atoms with Gasteiger partial charge in [0, 0.05) is 41.2 Å². The van der Waals surface area contributed by atoms with Gasteiger partial charge in [0.1, 0.15) is 5.76 Å². The van der Waals surface area contributed by atoms with Gasteiger partial charge in [0.05, 0.1) is 34.0 Å². The van der Waals surface area contributed by atoms with Crippen molar-refractivity contribution in [2.45, 2.75) is 44.8 Å². The number of hydrogen-bond acceptors (Lipinski definition) is 5. The third-order valence-corrected chi connectivity index (χ3v) is 8.11. The number of aliphatic hydroxyl groups excluding tert-OH is 1. The first-order valence-corrected chi connectivity index (χ1v) is 12.7. The highest BCUT2D eigenvalue weighted by atomic mass is 35.5. The number of aryl methyl sites for hydroxylation is 1. The fraction of sp³-hybridized carbons (Fsp3) is 0.407. The molecule has 6 nitrogen and oxygen atoms in total. The number of halogens is 2. The van der Waals surface area contributed by atoms with Crippen LogP contribution in [0.2, 0.25) is 10.0 Å². The van der Waals surface area contributed by atoms with Crippen molar-refractivity contribution in [2.75, 3.05) is 18.1 Å². The zero-order valence-corrected chi connectivity index (χ0v) is 20.9. The number of ether oxygens (including phenoxy) is 1. The van der Waals surface area contributed by atoms with E-state index in [2.05, 4.69) is 4.90 Å². The lowest BCUT2D eigenvalue weighted by Gasteiger charge is -2.33. The Morgan fingerprint density at radius 2 is 1.86 bits per heavy atom. The highest BCUT2D eigenvalue weighted by molar-refractivity contribution is 6.41. The Morgan fingerprint density at radius 1 is 1.14 bits per heavy atom. The van der Waals surface area contributed by atoms with Crippen molar-refractivity contribution in [1.82, 2.24) is 0 Å². The van der Waals surface area contributed by atoms with E-state index in [0.717, 1.165) is 43.5 Å². The number of aromatic carboxylic acids is 1. The number of carbonyl (C=O) groups is 1. The highest BCUT2D eigenvalue weighted by Crippen LogP contribution is 2.43. The van der Waals surface area contributed by atoms with Crippen LogP contribution in [0.3, 0.4) is 0 Å². The Labute approximate surface area is 214 Å². The van der Waals surface area contributed by atoms with E-state index in [1.165, 1.54) is 0 Å². The van der Waals surface area contributed by atoms with Gasteiger partial charge in [0.15, 0.2) is 0 Å². The lowest BCUT2D eigenvalue weighted by molar-refractivity contribution is 0.0390. The first-order chi connectivity index (χ1) is 16.7. The molecule has 2 saturated carbocycles. The maximum atomic E-state index is 11.3. The van der Waals surface area contributed by atoms with E-state index < -0.39 is 5.97 Å². The minimum Gasteiger partial charge on any atom is -0.512 e. The lowest BCUT2D eigenvalue weighted by atomic mass is 9.99. The van der Waals surface area contributed by atoms with Crippen molar-refractivity contribution in [1.29, 1.82) is 5.41 Å². The summed E-state index contributed by atoms with van der Waals surface area (Å²) in [6, 6.07) is 11.0. The summed E-state index contributed by atoms with van der Waals surface area (Å²) in [6.45, 7) is 2.80. The maximum Gasteiger partial charge on any atom is 0.335 e. The maximum absolute atomic E-state index is 11.3. The zero-order chi connectivity index (χ0) is 24.9. The normalized spacial score (nSPS) is 24.0. The number of fused-ring (bicyclic) bond motifs is 2. The summed E-state index contributed by atoms with van der Waals surface area (Å²) in [5.74, 6) is -0.290. The molecule has 8 heteroatoms. The molecule has 1 saturated heterocycles. The predicted molar refractivity (Wildman–Crippen MR) is 137 cm³/mol. The average molecular weight is 515 g/mol. The quantitative estimate of drug-likeness (QED) is 0.285. The fourth-order valence-corrected chi connectivity index (χ4v) is 6.03. The molecule has 3 aliphatic rings. The standard InChI is InChI=1S/C27H28Cl2N2O4/c1-14-9-17(7-8-19(14)27(33)34)31-12-16-10-18(31)11-23(16)35-13-20(26(32)15-5-6-15)25(30)24-21(28)3-2-4-22(24)29/h2-4,7-9,15-16,18,23,30,32H,5-6,10-13H2,1H3,(H,33,34)/b26-20-,30-25?/t16-,18-,23+/m0/s1. The predicted octanol–water partition coefficient (Wildman–Crippen LogP) is 6.27. The number of allylic oxidation sites excluding steroid dienone is 1. The molecule has 2 aromatic rings. The molecular weight excluding hydrogens is 487 g/mol. The molecule has 2 bridgehead atoms. The van der Waals surface area contributed by atoms with Gasteiger partial charge < -0.3 is 19.8 Å². The van der Waals surface area contributed by atoms with E-state index in [0.29, 0.717) is 38.7 Å². The van der Waals surface area contributed by atoms with Crippen LogP contribution in [0.15, 0.2) is 47.7 Å². The van der Waals surface area contributed by atoms with Gasteiger partial charge >= 0.3 is 5.97 Å². The van der Waals surface area contributed by atoms with E-state index in [-0.39, 0.29) is 30.1 Å². The summed E-state index contributed by atoms with van der Waals surface area (Å²) in [7, 11) is 0. The SMILES string of the molecule is Cc1cc(N2C[C@@H]3C[C@H]2C[C@H]3OC/C(C(=N)c2c(Cl)cccc2Cl)=C(/O)C2CC2)ccc1C(=O)O. The van der Waals surface area contributed by atoms with E-state index in [9.17, 15) is 15.0 Å². The Morgan fingerprint density at radius 3 is 2.43 bits per heavy atom. The number of carboxylic acids is 1. The van der Waals surface area contributed by atoms with Gasteiger partial charge in [-0.05, 0) is 68.5 Å².